The van der Waals surface area contributed by atoms with Gasteiger partial charge in [-0.25, -0.2) is 4.39 Å². The number of hydrogen-bond acceptors (Lipinski definition) is 6. The van der Waals surface area contributed by atoms with Gasteiger partial charge >= 0.3 is 0 Å². The van der Waals surface area contributed by atoms with Crippen LogP contribution in [-0.4, -0.2) is 68.2 Å². The molecule has 1 aliphatic rings. The van der Waals surface area contributed by atoms with Crippen molar-refractivity contribution in [1.82, 2.24) is 9.80 Å². The van der Waals surface area contributed by atoms with Crippen LogP contribution in [0.2, 0.25) is 0 Å². The smallest absolute Gasteiger partial charge is 0.254 e. The maximum atomic E-state index is 13.9. The van der Waals surface area contributed by atoms with Crippen molar-refractivity contribution in [2.75, 3.05) is 40.5 Å². The first-order chi connectivity index (χ1) is 18.5. The van der Waals surface area contributed by atoms with Gasteiger partial charge in [0.1, 0.15) is 12.4 Å². The third kappa shape index (κ3) is 7.33. The van der Waals surface area contributed by atoms with Crippen LogP contribution in [0.5, 0.6) is 11.5 Å². The number of thiophene rings is 1. The summed E-state index contributed by atoms with van der Waals surface area (Å²) in [6, 6.07) is 15.2. The van der Waals surface area contributed by atoms with Crippen molar-refractivity contribution in [3.05, 3.63) is 81.8 Å². The average molecular weight is 541 g/mol. The first kappa shape index (κ1) is 27.6. The number of amides is 2. The molecule has 0 N–H and O–H groups in total. The Kier molecular flexibility index (Phi) is 9.73. The fourth-order valence-corrected chi connectivity index (χ4v) is 5.22. The molecule has 1 unspecified atom stereocenters. The summed E-state index contributed by atoms with van der Waals surface area (Å²) in [6.07, 6.45) is 2.19. The van der Waals surface area contributed by atoms with Crippen LogP contribution in [0.3, 0.4) is 0 Å². The Morgan fingerprint density at radius 3 is 2.58 bits per heavy atom. The fourth-order valence-electron chi connectivity index (χ4n) is 4.50. The zero-order chi connectivity index (χ0) is 26.9. The van der Waals surface area contributed by atoms with Gasteiger partial charge in [0.05, 0.1) is 26.9 Å². The molecule has 202 valence electrons. The molecule has 0 saturated carbocycles. The number of rotatable bonds is 12. The molecule has 2 aromatic carbocycles. The summed E-state index contributed by atoms with van der Waals surface area (Å²) in [4.78, 5) is 31.4. The van der Waals surface area contributed by atoms with Crippen LogP contribution in [0.1, 0.15) is 33.6 Å². The van der Waals surface area contributed by atoms with Crippen LogP contribution in [0, 0.1) is 5.82 Å². The monoisotopic (exact) mass is 540 g/mol. The van der Waals surface area contributed by atoms with Crippen LogP contribution in [0.25, 0.3) is 0 Å². The Bertz CT molecular complexity index is 1210. The van der Waals surface area contributed by atoms with E-state index in [0.29, 0.717) is 37.6 Å². The quantitative estimate of drug-likeness (QED) is 0.330. The highest BCUT2D eigenvalue weighted by molar-refractivity contribution is 7.09. The van der Waals surface area contributed by atoms with Gasteiger partial charge in [-0.3, -0.25) is 9.59 Å². The number of ether oxygens (including phenoxy) is 3. The minimum atomic E-state index is -0.492. The predicted molar refractivity (Wildman–Crippen MR) is 144 cm³/mol. The molecule has 0 radical (unpaired) electrons. The Hall–Kier alpha value is -3.43. The Morgan fingerprint density at radius 2 is 1.89 bits per heavy atom. The summed E-state index contributed by atoms with van der Waals surface area (Å²) in [5.41, 5.74) is 1.21. The van der Waals surface area contributed by atoms with E-state index in [2.05, 4.69) is 0 Å². The zero-order valence-corrected chi connectivity index (χ0v) is 22.5. The average Bonchev–Trinajstić information content (AvgIpc) is 3.64. The SMILES string of the molecule is COc1ccc(CCN(Cc2cccs2)C(=O)CN(CC2CCCO2)C(=O)c2cccc(F)c2)cc1OC. The summed E-state index contributed by atoms with van der Waals surface area (Å²) >= 11 is 1.58. The number of nitrogens with zero attached hydrogens (tertiary/aromatic N) is 2. The third-order valence-corrected chi connectivity index (χ3v) is 7.39. The molecule has 9 heteroatoms. The van der Waals surface area contributed by atoms with Gasteiger partial charge in [-0.2, -0.15) is 0 Å². The van der Waals surface area contributed by atoms with Crippen molar-refractivity contribution < 1.29 is 28.2 Å². The molecular weight excluding hydrogens is 507 g/mol. The summed E-state index contributed by atoms with van der Waals surface area (Å²) in [6.45, 7) is 1.69. The Labute approximate surface area is 226 Å². The van der Waals surface area contributed by atoms with Gasteiger partial charge in [0.15, 0.2) is 11.5 Å². The molecule has 4 rings (SSSR count). The van der Waals surface area contributed by atoms with Gasteiger partial charge < -0.3 is 24.0 Å². The van der Waals surface area contributed by atoms with Crippen molar-refractivity contribution >= 4 is 23.2 Å². The van der Waals surface area contributed by atoms with E-state index in [9.17, 15) is 14.0 Å². The summed E-state index contributed by atoms with van der Waals surface area (Å²) in [7, 11) is 3.18. The van der Waals surface area contributed by atoms with Gasteiger partial charge in [-0.1, -0.05) is 18.2 Å². The highest BCUT2D eigenvalue weighted by Gasteiger charge is 2.27. The number of carbonyl (C=O) groups excluding carboxylic acids is 2. The van der Waals surface area contributed by atoms with E-state index in [1.807, 2.05) is 35.7 Å². The van der Waals surface area contributed by atoms with Crippen molar-refractivity contribution in [2.24, 2.45) is 0 Å². The largest absolute Gasteiger partial charge is 0.493 e. The van der Waals surface area contributed by atoms with E-state index in [-0.39, 0.29) is 36.6 Å². The lowest BCUT2D eigenvalue weighted by Crippen LogP contribution is -2.45. The second-order valence-electron chi connectivity index (χ2n) is 9.17. The highest BCUT2D eigenvalue weighted by Crippen LogP contribution is 2.28. The fraction of sp³-hybridized carbons (Fsp3) is 0.379. The maximum absolute atomic E-state index is 13.9. The Balaban J connectivity index is 1.52. The lowest BCUT2D eigenvalue weighted by atomic mass is 10.1. The van der Waals surface area contributed by atoms with E-state index in [0.717, 1.165) is 23.3 Å². The summed E-state index contributed by atoms with van der Waals surface area (Å²) in [5, 5.41) is 1.98. The topological polar surface area (TPSA) is 68.3 Å². The molecule has 1 saturated heterocycles. The van der Waals surface area contributed by atoms with Crippen LogP contribution < -0.4 is 9.47 Å². The minimum absolute atomic E-state index is 0.119. The van der Waals surface area contributed by atoms with Crippen molar-refractivity contribution in [2.45, 2.75) is 31.9 Å². The van der Waals surface area contributed by atoms with Crippen LogP contribution >= 0.6 is 11.3 Å². The van der Waals surface area contributed by atoms with Crippen molar-refractivity contribution in [1.29, 1.82) is 0 Å². The second kappa shape index (κ2) is 13.4. The molecule has 3 aromatic rings. The maximum Gasteiger partial charge on any atom is 0.254 e. The number of halogens is 1. The van der Waals surface area contributed by atoms with E-state index in [1.54, 1.807) is 36.5 Å². The van der Waals surface area contributed by atoms with E-state index in [4.69, 9.17) is 14.2 Å². The summed E-state index contributed by atoms with van der Waals surface area (Å²) in [5.74, 6) is 0.215. The van der Waals surface area contributed by atoms with Crippen LogP contribution in [0.15, 0.2) is 60.0 Å². The lowest BCUT2D eigenvalue weighted by Gasteiger charge is -2.29. The molecule has 7 nitrogen and oxygen atoms in total. The zero-order valence-electron chi connectivity index (χ0n) is 21.7. The first-order valence-corrected chi connectivity index (χ1v) is 13.5. The van der Waals surface area contributed by atoms with Gasteiger partial charge in [-0.15, -0.1) is 11.3 Å². The van der Waals surface area contributed by atoms with E-state index in [1.165, 1.54) is 23.1 Å². The van der Waals surface area contributed by atoms with E-state index >= 15 is 0 Å². The molecule has 0 bridgehead atoms. The molecule has 1 fully saturated rings. The predicted octanol–water partition coefficient (Wildman–Crippen LogP) is 4.80. The van der Waals surface area contributed by atoms with Gasteiger partial charge in [0.25, 0.3) is 5.91 Å². The molecule has 2 amide bonds. The first-order valence-electron chi connectivity index (χ1n) is 12.6. The standard InChI is InChI=1S/C29H33FN2O5S/c1-35-26-11-10-21(16-27(26)36-2)12-13-31(19-25-9-5-15-38-25)28(33)20-32(18-24-8-4-14-37-24)29(34)22-6-3-7-23(30)17-22/h3,5-7,9-11,15-17,24H,4,8,12-14,18-20H2,1-2H3. The third-order valence-electron chi connectivity index (χ3n) is 6.53. The highest BCUT2D eigenvalue weighted by atomic mass is 32.1. The molecule has 0 spiro atoms. The number of carbonyl (C=O) groups is 2. The molecule has 1 aromatic heterocycles. The van der Waals surface area contributed by atoms with Crippen LogP contribution in [-0.2, 0) is 22.5 Å². The molecule has 2 heterocycles. The van der Waals surface area contributed by atoms with Crippen LogP contribution in [0.4, 0.5) is 4.39 Å². The molecule has 38 heavy (non-hydrogen) atoms. The molecule has 1 aliphatic heterocycles. The van der Waals surface area contributed by atoms with Gasteiger partial charge in [-0.05, 0) is 66.6 Å². The van der Waals surface area contributed by atoms with E-state index < -0.39 is 5.82 Å². The lowest BCUT2D eigenvalue weighted by molar-refractivity contribution is -0.132. The van der Waals surface area contributed by atoms with Crippen molar-refractivity contribution in [3.8, 4) is 11.5 Å². The molecule has 0 aliphatic carbocycles. The molecular formula is C29H33FN2O5S. The number of hydrogen-bond donors (Lipinski definition) is 0. The number of benzene rings is 2. The normalized spacial score (nSPS) is 14.8. The number of methoxy groups -OCH3 is 2. The van der Waals surface area contributed by atoms with Gasteiger partial charge in [0.2, 0.25) is 5.91 Å². The minimum Gasteiger partial charge on any atom is -0.493 e. The van der Waals surface area contributed by atoms with Crippen molar-refractivity contribution in [3.63, 3.8) is 0 Å². The van der Waals surface area contributed by atoms with Gasteiger partial charge in [0, 0.05) is 30.1 Å². The Morgan fingerprint density at radius 1 is 1.05 bits per heavy atom. The molecule has 1 atom stereocenters. The summed E-state index contributed by atoms with van der Waals surface area (Å²) < 4.78 is 30.4. The second-order valence-corrected chi connectivity index (χ2v) is 10.2.